The monoisotopic (exact) mass is 659 g/mol. The van der Waals surface area contributed by atoms with Crippen molar-refractivity contribution in [3.8, 4) is 44.5 Å². The van der Waals surface area contributed by atoms with Crippen LogP contribution in [0.25, 0.3) is 66.1 Å². The van der Waals surface area contributed by atoms with Gasteiger partial charge in [-0.2, -0.15) is 0 Å². The fourth-order valence-corrected chi connectivity index (χ4v) is 6.82. The van der Waals surface area contributed by atoms with Gasteiger partial charge >= 0.3 is 0 Å². The zero-order valence-corrected chi connectivity index (χ0v) is 27.4. The second kappa shape index (κ2) is 13.3. The van der Waals surface area contributed by atoms with Crippen LogP contribution in [0.5, 0.6) is 0 Å². The van der Waals surface area contributed by atoms with Gasteiger partial charge < -0.3 is 4.90 Å². The smallest absolute Gasteiger partial charge is 0.0629 e. The highest BCUT2D eigenvalue weighted by molar-refractivity contribution is 6.00. The Kier molecular flexibility index (Phi) is 5.58. The Hall–Kier alpha value is -6.70. The van der Waals surface area contributed by atoms with Gasteiger partial charge in [-0.15, -0.1) is 0 Å². The Morgan fingerprint density at radius 2 is 0.843 bits per heavy atom. The predicted molar refractivity (Wildman–Crippen MR) is 218 cm³/mol. The van der Waals surface area contributed by atoms with Gasteiger partial charge in [0, 0.05) is 16.8 Å². The van der Waals surface area contributed by atoms with E-state index in [1.807, 2.05) is 48.5 Å². The van der Waals surface area contributed by atoms with Crippen molar-refractivity contribution in [1.29, 1.82) is 0 Å². The molecule has 0 aliphatic rings. The van der Waals surface area contributed by atoms with Crippen molar-refractivity contribution in [3.63, 3.8) is 0 Å². The summed E-state index contributed by atoms with van der Waals surface area (Å²) in [6, 6.07) is 45.4. The molecular weight excluding hydrogens is 615 g/mol. The van der Waals surface area contributed by atoms with E-state index in [9.17, 15) is 0 Å². The number of anilines is 3. The molecule has 0 aliphatic carbocycles. The molecule has 0 saturated heterocycles. The Balaban J connectivity index is 1.19. The highest BCUT2D eigenvalue weighted by atomic mass is 15.1. The van der Waals surface area contributed by atoms with E-state index in [1.165, 1.54) is 10.8 Å². The number of hydrogen-bond donors (Lipinski definition) is 0. The summed E-state index contributed by atoms with van der Waals surface area (Å²) in [6.07, 6.45) is 0. The number of hydrogen-bond acceptors (Lipinski definition) is 1. The minimum Gasteiger partial charge on any atom is -0.310 e. The van der Waals surface area contributed by atoms with Crippen LogP contribution in [0.15, 0.2) is 212 Å². The molecule has 0 saturated carbocycles. The molecule has 0 aromatic heterocycles. The van der Waals surface area contributed by atoms with Gasteiger partial charge in [0.2, 0.25) is 0 Å². The van der Waals surface area contributed by atoms with E-state index in [4.69, 9.17) is 13.7 Å². The van der Waals surface area contributed by atoms with Crippen LogP contribution in [0.2, 0.25) is 0 Å². The number of nitrogens with zero attached hydrogens (tertiary/aromatic N) is 1. The maximum Gasteiger partial charge on any atom is 0.0629 e. The maximum atomic E-state index is 8.85. The lowest BCUT2D eigenvalue weighted by Crippen LogP contribution is -2.10. The molecule has 0 atom stereocenters. The number of rotatable bonds is 7. The summed E-state index contributed by atoms with van der Waals surface area (Å²) in [5.74, 6) is 0. The Morgan fingerprint density at radius 1 is 0.333 bits per heavy atom. The standard InChI is InChI=1S/C50H35N/c1-3-13-37(14-4-1)47-34-29-42(35-49(47)40-15-5-2-6-16-40)36-25-30-43(31-26-36)51(50-24-12-20-39-18-8-10-22-48(39)50)44-32-27-41(28-33-44)46-23-11-19-38-17-7-9-21-45(38)46/h1-35H/i1D,2D,3D,4D,5D,6D,13D,14D,15D,16D. The SMILES string of the molecule is [2H]c1c([2H])c([2H])c(-c2ccc(-c3ccc(N(c4ccc(-c5cccc6ccccc56)cc4)c4cccc5ccccc45)cc3)cc2-c2c([2H])c([2H])c([2H])c([2H])c2[2H])c([2H])c1[2H]. The van der Waals surface area contributed by atoms with Crippen LogP contribution >= 0.6 is 0 Å². The molecule has 0 amide bonds. The van der Waals surface area contributed by atoms with Gasteiger partial charge in [0.1, 0.15) is 0 Å². The van der Waals surface area contributed by atoms with Gasteiger partial charge in [0.25, 0.3) is 0 Å². The van der Waals surface area contributed by atoms with Crippen molar-refractivity contribution in [2.75, 3.05) is 4.90 Å². The number of fused-ring (bicyclic) bond motifs is 2. The van der Waals surface area contributed by atoms with Crippen molar-refractivity contribution in [1.82, 2.24) is 0 Å². The fraction of sp³-hybridized carbons (Fsp3) is 0. The normalized spacial score (nSPS) is 13.9. The minimum absolute atomic E-state index is 0.132. The van der Waals surface area contributed by atoms with E-state index >= 15 is 0 Å². The lowest BCUT2D eigenvalue weighted by Gasteiger charge is -2.27. The van der Waals surface area contributed by atoms with E-state index in [2.05, 4.69) is 89.8 Å². The molecule has 0 bridgehead atoms. The third kappa shape index (κ3) is 5.86. The van der Waals surface area contributed by atoms with Gasteiger partial charge in [-0.1, -0.05) is 176 Å². The average Bonchev–Trinajstić information content (AvgIpc) is 3.30. The topological polar surface area (TPSA) is 3.24 Å². The zero-order valence-electron chi connectivity index (χ0n) is 37.4. The average molecular weight is 660 g/mol. The van der Waals surface area contributed by atoms with E-state index < -0.39 is 60.4 Å². The van der Waals surface area contributed by atoms with Crippen molar-refractivity contribution >= 4 is 38.6 Å². The summed E-state index contributed by atoms with van der Waals surface area (Å²) >= 11 is 0. The Morgan fingerprint density at radius 3 is 1.51 bits per heavy atom. The minimum atomic E-state index is -0.561. The van der Waals surface area contributed by atoms with Gasteiger partial charge in [-0.05, 0) is 97.1 Å². The van der Waals surface area contributed by atoms with Crippen LogP contribution in [0.4, 0.5) is 17.1 Å². The Bertz CT molecular complexity index is 3130. The van der Waals surface area contributed by atoms with Crippen molar-refractivity contribution < 1.29 is 13.7 Å². The molecule has 0 N–H and O–H groups in total. The molecule has 1 nitrogen and oxygen atoms in total. The largest absolute Gasteiger partial charge is 0.310 e. The quantitative estimate of drug-likeness (QED) is 0.165. The molecule has 1 heteroatoms. The van der Waals surface area contributed by atoms with Gasteiger partial charge in [-0.3, -0.25) is 0 Å². The molecule has 9 rings (SSSR count). The summed E-state index contributed by atoms with van der Waals surface area (Å²) in [4.78, 5) is 2.21. The maximum absolute atomic E-state index is 8.85. The molecule has 9 aromatic carbocycles. The summed E-state index contributed by atoms with van der Waals surface area (Å²) in [5, 5.41) is 4.51. The fourth-order valence-electron chi connectivity index (χ4n) is 6.82. The van der Waals surface area contributed by atoms with Crippen LogP contribution in [-0.2, 0) is 0 Å². The molecular formula is C50H35N. The van der Waals surface area contributed by atoms with Crippen LogP contribution in [0, 0.1) is 0 Å². The van der Waals surface area contributed by atoms with E-state index in [-0.39, 0.29) is 22.3 Å². The molecule has 51 heavy (non-hydrogen) atoms. The highest BCUT2D eigenvalue weighted by Gasteiger charge is 2.17. The lowest BCUT2D eigenvalue weighted by molar-refractivity contribution is 1.30. The Labute approximate surface area is 313 Å². The van der Waals surface area contributed by atoms with Crippen molar-refractivity contribution in [2.24, 2.45) is 0 Å². The highest BCUT2D eigenvalue weighted by Crippen LogP contribution is 2.41. The number of benzene rings is 9. The lowest BCUT2D eigenvalue weighted by atomic mass is 9.91. The first-order valence-electron chi connectivity index (χ1n) is 21.7. The second-order valence-corrected chi connectivity index (χ2v) is 12.2. The molecule has 0 fully saturated rings. The summed E-state index contributed by atoms with van der Waals surface area (Å²) < 4.78 is 85.1. The van der Waals surface area contributed by atoms with Gasteiger partial charge in [0.15, 0.2) is 0 Å². The van der Waals surface area contributed by atoms with Crippen LogP contribution in [0.3, 0.4) is 0 Å². The first kappa shape index (κ1) is 21.4. The first-order valence-corrected chi connectivity index (χ1v) is 16.7. The van der Waals surface area contributed by atoms with Crippen molar-refractivity contribution in [2.45, 2.75) is 0 Å². The first-order chi connectivity index (χ1) is 29.4. The third-order valence-electron chi connectivity index (χ3n) is 9.25. The molecule has 0 radical (unpaired) electrons. The van der Waals surface area contributed by atoms with E-state index in [1.54, 1.807) is 18.2 Å². The summed E-state index contributed by atoms with van der Waals surface area (Å²) in [7, 11) is 0. The van der Waals surface area contributed by atoms with Gasteiger partial charge in [-0.25, -0.2) is 0 Å². The molecule has 0 unspecified atom stereocenters. The molecule has 0 heterocycles. The molecule has 0 aliphatic heterocycles. The van der Waals surface area contributed by atoms with E-state index in [0.717, 1.165) is 44.5 Å². The predicted octanol–water partition coefficient (Wildman–Crippen LogP) is 14.1. The van der Waals surface area contributed by atoms with E-state index in [0.29, 0.717) is 5.56 Å². The van der Waals surface area contributed by atoms with Crippen LogP contribution in [0.1, 0.15) is 13.7 Å². The second-order valence-electron chi connectivity index (χ2n) is 12.2. The molecule has 240 valence electrons. The van der Waals surface area contributed by atoms with Crippen LogP contribution < -0.4 is 4.90 Å². The summed E-state index contributed by atoms with van der Waals surface area (Å²) in [6.45, 7) is 0. The van der Waals surface area contributed by atoms with Crippen LogP contribution in [-0.4, -0.2) is 0 Å². The third-order valence-corrected chi connectivity index (χ3v) is 9.25. The van der Waals surface area contributed by atoms with Crippen molar-refractivity contribution in [3.05, 3.63) is 212 Å². The molecule has 0 spiro atoms. The zero-order chi connectivity index (χ0) is 42.7. The van der Waals surface area contributed by atoms with Gasteiger partial charge in [0.05, 0.1) is 19.4 Å². The summed E-state index contributed by atoms with van der Waals surface area (Å²) in [5.41, 5.74) is 6.42. The molecule has 9 aromatic rings.